The van der Waals surface area contributed by atoms with Gasteiger partial charge in [0.25, 0.3) is 11.5 Å². The summed E-state index contributed by atoms with van der Waals surface area (Å²) < 4.78 is 13.0. The molecule has 1 saturated heterocycles. The number of nitrogens with zero attached hydrogens (tertiary/aromatic N) is 3. The van der Waals surface area contributed by atoms with E-state index in [1.165, 1.54) is 0 Å². The van der Waals surface area contributed by atoms with Crippen LogP contribution < -0.4 is 20.5 Å². The largest absolute Gasteiger partial charge is 0.497 e. The molecule has 0 unspecified atom stereocenters. The van der Waals surface area contributed by atoms with Crippen molar-refractivity contribution < 1.29 is 14.3 Å². The van der Waals surface area contributed by atoms with Gasteiger partial charge in [0.1, 0.15) is 11.5 Å². The van der Waals surface area contributed by atoms with Crippen LogP contribution >= 0.6 is 0 Å². The molecule has 37 heavy (non-hydrogen) atoms. The maximum absolute atomic E-state index is 12.4. The van der Waals surface area contributed by atoms with Gasteiger partial charge < -0.3 is 14.0 Å². The standard InChI is InChI=1S/C29H32N4O4/c1-3-37-27-12-7-20(15-30-31-29(35)22-8-10-25(36-2)11-9-22)13-24(27)19-32-16-21-14-23(18-32)26-5-4-6-28(34)33(26)17-21/h4-13,15,21,23H,3,14,16-19H2,1-2H3,(H,31,35)/b30-15-/t21-,23+/m1/s1. The average Bonchev–Trinajstić information content (AvgIpc) is 2.91. The lowest BCUT2D eigenvalue weighted by molar-refractivity contribution is 0.0955. The first-order valence-electron chi connectivity index (χ1n) is 12.7. The molecule has 2 bridgehead atoms. The molecule has 2 aliphatic heterocycles. The Bertz CT molecular complexity index is 1350. The molecule has 0 aliphatic carbocycles. The molecule has 5 rings (SSSR count). The smallest absolute Gasteiger partial charge is 0.271 e. The van der Waals surface area contributed by atoms with Crippen LogP contribution in [0.25, 0.3) is 0 Å². The SMILES string of the molecule is CCOc1ccc(/C=N\NC(=O)c2ccc(OC)cc2)cc1CN1C[C@H]2C[C@@H](C1)c1cccc(=O)n1C2. The zero-order chi connectivity index (χ0) is 25.8. The van der Waals surface area contributed by atoms with Gasteiger partial charge in [-0.3, -0.25) is 14.5 Å². The summed E-state index contributed by atoms with van der Waals surface area (Å²) in [4.78, 5) is 27.2. The van der Waals surface area contributed by atoms with Gasteiger partial charge in [0, 0.05) is 55.0 Å². The third kappa shape index (κ3) is 5.59. The Labute approximate surface area is 216 Å². The highest BCUT2D eigenvalue weighted by Gasteiger charge is 2.34. The maximum Gasteiger partial charge on any atom is 0.271 e. The molecule has 3 heterocycles. The number of carbonyl (C=O) groups is 1. The minimum Gasteiger partial charge on any atom is -0.497 e. The van der Waals surface area contributed by atoms with Crippen molar-refractivity contribution in [2.24, 2.45) is 11.0 Å². The van der Waals surface area contributed by atoms with Crippen LogP contribution in [0.15, 0.2) is 70.6 Å². The number of ether oxygens (including phenoxy) is 2. The lowest BCUT2D eigenvalue weighted by atomic mass is 9.83. The second-order valence-corrected chi connectivity index (χ2v) is 9.62. The monoisotopic (exact) mass is 500 g/mol. The predicted molar refractivity (Wildman–Crippen MR) is 142 cm³/mol. The van der Waals surface area contributed by atoms with Gasteiger partial charge in [-0.15, -0.1) is 0 Å². The molecule has 1 aromatic heterocycles. The van der Waals surface area contributed by atoms with Gasteiger partial charge in [-0.05, 0) is 73.4 Å². The number of amides is 1. The molecular formula is C29H32N4O4. The van der Waals surface area contributed by atoms with Crippen LogP contribution in [0.3, 0.4) is 0 Å². The van der Waals surface area contributed by atoms with Gasteiger partial charge in [-0.25, -0.2) is 5.43 Å². The zero-order valence-electron chi connectivity index (χ0n) is 21.2. The number of hydrogen-bond donors (Lipinski definition) is 1. The second kappa shape index (κ2) is 11.0. The molecule has 0 spiro atoms. The minimum absolute atomic E-state index is 0.102. The highest BCUT2D eigenvalue weighted by atomic mass is 16.5. The Balaban J connectivity index is 1.28. The van der Waals surface area contributed by atoms with E-state index in [0.29, 0.717) is 29.8 Å². The highest BCUT2D eigenvalue weighted by Crippen LogP contribution is 2.36. The van der Waals surface area contributed by atoms with E-state index in [-0.39, 0.29) is 11.5 Å². The van der Waals surface area contributed by atoms with Crippen LogP contribution in [-0.4, -0.2) is 48.4 Å². The fourth-order valence-corrected chi connectivity index (χ4v) is 5.44. The summed E-state index contributed by atoms with van der Waals surface area (Å²) in [6.45, 7) is 5.94. The predicted octanol–water partition coefficient (Wildman–Crippen LogP) is 3.64. The Morgan fingerprint density at radius 3 is 2.73 bits per heavy atom. The number of aromatic nitrogens is 1. The van der Waals surface area contributed by atoms with Gasteiger partial charge in [-0.2, -0.15) is 5.10 Å². The lowest BCUT2D eigenvalue weighted by Crippen LogP contribution is -2.46. The van der Waals surface area contributed by atoms with Gasteiger partial charge >= 0.3 is 0 Å². The molecule has 1 fully saturated rings. The number of fused-ring (bicyclic) bond motifs is 4. The number of methoxy groups -OCH3 is 1. The molecule has 8 nitrogen and oxygen atoms in total. The molecule has 2 atom stereocenters. The third-order valence-corrected chi connectivity index (χ3v) is 7.07. The summed E-state index contributed by atoms with van der Waals surface area (Å²) >= 11 is 0. The summed E-state index contributed by atoms with van der Waals surface area (Å²) in [6, 6.07) is 18.5. The Morgan fingerprint density at radius 2 is 1.95 bits per heavy atom. The van der Waals surface area contributed by atoms with Gasteiger partial charge in [0.2, 0.25) is 0 Å². The Kier molecular flexibility index (Phi) is 7.37. The number of carbonyl (C=O) groups excluding carboxylic acids is 1. The minimum atomic E-state index is -0.288. The number of nitrogens with one attached hydrogen (secondary N) is 1. The molecule has 0 radical (unpaired) electrons. The lowest BCUT2D eigenvalue weighted by Gasteiger charge is -2.43. The summed E-state index contributed by atoms with van der Waals surface area (Å²) in [5, 5.41) is 4.16. The molecular weight excluding hydrogens is 468 g/mol. The van der Waals surface area contributed by atoms with E-state index < -0.39 is 0 Å². The van der Waals surface area contributed by atoms with E-state index in [1.54, 1.807) is 43.7 Å². The first kappa shape index (κ1) is 24.8. The van der Waals surface area contributed by atoms with Crippen LogP contribution in [0.2, 0.25) is 0 Å². The number of hydrazone groups is 1. The number of pyridine rings is 1. The van der Waals surface area contributed by atoms with E-state index in [2.05, 4.69) is 27.6 Å². The fraction of sp³-hybridized carbons (Fsp3) is 0.345. The van der Waals surface area contributed by atoms with Gasteiger partial charge in [0.15, 0.2) is 0 Å². The molecule has 1 amide bonds. The zero-order valence-corrected chi connectivity index (χ0v) is 21.2. The van der Waals surface area contributed by atoms with E-state index in [0.717, 1.165) is 55.2 Å². The average molecular weight is 501 g/mol. The topological polar surface area (TPSA) is 85.2 Å². The molecule has 1 N–H and O–H groups in total. The fourth-order valence-electron chi connectivity index (χ4n) is 5.44. The molecule has 8 heteroatoms. The van der Waals surface area contributed by atoms with Gasteiger partial charge in [-0.1, -0.05) is 6.07 Å². The van der Waals surface area contributed by atoms with Crippen molar-refractivity contribution in [2.75, 3.05) is 26.8 Å². The molecule has 2 aromatic carbocycles. The van der Waals surface area contributed by atoms with Crippen molar-refractivity contribution in [2.45, 2.75) is 32.4 Å². The quantitative estimate of drug-likeness (QED) is 0.377. The van der Waals surface area contributed by atoms with Crippen LogP contribution in [0.4, 0.5) is 0 Å². The second-order valence-electron chi connectivity index (χ2n) is 9.62. The number of benzene rings is 2. The van der Waals surface area contributed by atoms with Crippen LogP contribution in [0, 0.1) is 5.92 Å². The van der Waals surface area contributed by atoms with Crippen molar-refractivity contribution in [3.8, 4) is 11.5 Å². The molecule has 0 saturated carbocycles. The number of hydrogen-bond acceptors (Lipinski definition) is 6. The number of rotatable bonds is 8. The molecule has 192 valence electrons. The first-order valence-corrected chi connectivity index (χ1v) is 12.7. The van der Waals surface area contributed by atoms with E-state index in [9.17, 15) is 9.59 Å². The Hall–Kier alpha value is -3.91. The van der Waals surface area contributed by atoms with Crippen molar-refractivity contribution in [1.82, 2.24) is 14.9 Å². The summed E-state index contributed by atoms with van der Waals surface area (Å²) in [6.07, 6.45) is 2.77. The van der Waals surface area contributed by atoms with Crippen LogP contribution in [0.1, 0.15) is 46.4 Å². The van der Waals surface area contributed by atoms with Crippen LogP contribution in [0.5, 0.6) is 11.5 Å². The number of piperidine rings is 1. The summed E-state index contributed by atoms with van der Waals surface area (Å²) in [7, 11) is 1.59. The number of likely N-dealkylation sites (tertiary alicyclic amines) is 1. The van der Waals surface area contributed by atoms with E-state index >= 15 is 0 Å². The van der Waals surface area contributed by atoms with Crippen molar-refractivity contribution >= 4 is 12.1 Å². The maximum atomic E-state index is 12.4. The van der Waals surface area contributed by atoms with E-state index in [1.807, 2.05) is 29.7 Å². The molecule has 3 aromatic rings. The summed E-state index contributed by atoms with van der Waals surface area (Å²) in [5.74, 6) is 2.07. The van der Waals surface area contributed by atoms with Crippen molar-refractivity contribution in [1.29, 1.82) is 0 Å². The highest BCUT2D eigenvalue weighted by molar-refractivity contribution is 5.95. The Morgan fingerprint density at radius 1 is 1.11 bits per heavy atom. The normalized spacial score (nSPS) is 18.9. The third-order valence-electron chi connectivity index (χ3n) is 7.07. The summed E-state index contributed by atoms with van der Waals surface area (Å²) in [5.41, 5.74) is 6.30. The first-order chi connectivity index (χ1) is 18.0. The van der Waals surface area contributed by atoms with Crippen molar-refractivity contribution in [3.63, 3.8) is 0 Å². The van der Waals surface area contributed by atoms with Gasteiger partial charge in [0.05, 0.1) is 19.9 Å². The van der Waals surface area contributed by atoms with Crippen molar-refractivity contribution in [3.05, 3.63) is 93.4 Å². The van der Waals surface area contributed by atoms with Crippen LogP contribution in [-0.2, 0) is 13.1 Å². The molecule has 2 aliphatic rings. The van der Waals surface area contributed by atoms with E-state index in [4.69, 9.17) is 9.47 Å².